The van der Waals surface area contributed by atoms with Gasteiger partial charge in [0, 0.05) is 13.0 Å². The molecule has 0 aromatic heterocycles. The molecule has 0 aromatic rings. The third kappa shape index (κ3) is 14.3. The number of carbonyl (C=O) groups is 4. The van der Waals surface area contributed by atoms with E-state index in [-0.39, 0.29) is 6.61 Å². The number of nitrogens with one attached hydrogen (secondary N) is 1. The first kappa shape index (κ1) is 37.6. The lowest BCUT2D eigenvalue weighted by atomic mass is 10.2. The summed E-state index contributed by atoms with van der Waals surface area (Å²) in [7, 11) is 0. The first-order chi connectivity index (χ1) is 18.3. The van der Waals surface area contributed by atoms with Gasteiger partial charge in [0.1, 0.15) is 47.7 Å². The summed E-state index contributed by atoms with van der Waals surface area (Å²) in [6, 6.07) is -0.565. The Kier molecular flexibility index (Phi) is 15.8. The van der Waals surface area contributed by atoms with E-state index in [1.54, 1.807) is 55.4 Å². The van der Waals surface area contributed by atoms with Crippen molar-refractivity contribution < 1.29 is 63.3 Å². The van der Waals surface area contributed by atoms with Crippen molar-refractivity contribution in [3.8, 4) is 0 Å². The van der Waals surface area contributed by atoms with Crippen molar-refractivity contribution in [1.29, 1.82) is 0 Å². The number of carbonyl (C=O) groups excluding carboxylic acids is 4. The highest BCUT2D eigenvalue weighted by Gasteiger charge is 2.45. The molecule has 5 atom stereocenters. The Morgan fingerprint density at radius 2 is 1.43 bits per heavy atom. The molecule has 0 bridgehead atoms. The fourth-order valence-corrected chi connectivity index (χ4v) is 3.08. The predicted octanol–water partition coefficient (Wildman–Crippen LogP) is 0.0492. The van der Waals surface area contributed by atoms with E-state index in [9.17, 15) is 19.2 Å². The Bertz CT molecular complexity index is 779. The zero-order chi connectivity index (χ0) is 31.3. The molecule has 5 unspecified atom stereocenters. The van der Waals surface area contributed by atoms with Crippen molar-refractivity contribution in [3.05, 3.63) is 0 Å². The molecule has 2 aliphatic heterocycles. The number of aliphatic hydroxyl groups is 4. The molecule has 234 valence electrons. The molecular formula is C25H46N2O13. The molecular weight excluding hydrogens is 536 g/mol. The highest BCUT2D eigenvalue weighted by molar-refractivity contribution is 5.75. The quantitative estimate of drug-likeness (QED) is 0.207. The van der Waals surface area contributed by atoms with E-state index in [0.717, 1.165) is 6.29 Å². The first-order valence-corrected chi connectivity index (χ1v) is 12.7. The van der Waals surface area contributed by atoms with Crippen LogP contribution < -0.4 is 5.32 Å². The van der Waals surface area contributed by atoms with E-state index in [1.165, 1.54) is 4.90 Å². The van der Waals surface area contributed by atoms with Gasteiger partial charge in [-0.2, -0.15) is 0 Å². The monoisotopic (exact) mass is 582 g/mol. The third-order valence-corrected chi connectivity index (χ3v) is 4.82. The standard InChI is InChI=1S/C11H19NO4.C8H15NO3.C6H12O6/c1-10(2,3)16-9(14)12-8(6-13)7-15-11(12,4)5;1-8(2,3)12-7(11)9-5-4-6-10;7-1-3-5(9)12-4(2-8)6(10)11-3/h6,8H,7H2,1-5H3;6H,4-5H2,1-3H3,(H,9,11);3-10H,1-2H2. The zero-order valence-electron chi connectivity index (χ0n) is 24.5. The molecule has 2 aliphatic rings. The van der Waals surface area contributed by atoms with Crippen LogP contribution in [0.2, 0.25) is 0 Å². The van der Waals surface area contributed by atoms with Gasteiger partial charge in [0.2, 0.25) is 0 Å². The van der Waals surface area contributed by atoms with Gasteiger partial charge in [0.05, 0.1) is 19.8 Å². The van der Waals surface area contributed by atoms with Crippen LogP contribution in [0.1, 0.15) is 61.8 Å². The molecule has 40 heavy (non-hydrogen) atoms. The van der Waals surface area contributed by atoms with Crippen molar-refractivity contribution in [2.45, 2.75) is 110 Å². The lowest BCUT2D eigenvalue weighted by Gasteiger charge is -2.35. The number of aliphatic hydroxyl groups excluding tert-OH is 4. The molecule has 15 nitrogen and oxygen atoms in total. The summed E-state index contributed by atoms with van der Waals surface area (Å²) < 4.78 is 25.0. The smallest absolute Gasteiger partial charge is 0.413 e. The first-order valence-electron chi connectivity index (χ1n) is 12.7. The van der Waals surface area contributed by atoms with Gasteiger partial charge in [-0.05, 0) is 55.4 Å². The minimum Gasteiger partial charge on any atom is -0.444 e. The number of ether oxygens (including phenoxy) is 5. The van der Waals surface area contributed by atoms with Gasteiger partial charge >= 0.3 is 12.2 Å². The Hall–Kier alpha value is -2.40. The molecule has 0 aromatic carbocycles. The van der Waals surface area contributed by atoms with Gasteiger partial charge < -0.3 is 59.0 Å². The van der Waals surface area contributed by atoms with Gasteiger partial charge in [-0.25, -0.2) is 9.59 Å². The molecule has 0 radical (unpaired) electrons. The van der Waals surface area contributed by atoms with E-state index in [2.05, 4.69) is 5.32 Å². The minimum atomic E-state index is -1.31. The highest BCUT2D eigenvalue weighted by atomic mass is 16.7. The number of hydrogen-bond acceptors (Lipinski definition) is 13. The van der Waals surface area contributed by atoms with Crippen LogP contribution >= 0.6 is 0 Å². The number of nitrogens with zero attached hydrogens (tertiary/aromatic N) is 1. The second-order valence-electron chi connectivity index (χ2n) is 11.2. The molecule has 0 saturated carbocycles. The van der Waals surface area contributed by atoms with Crippen LogP contribution in [0.25, 0.3) is 0 Å². The van der Waals surface area contributed by atoms with E-state index in [0.29, 0.717) is 19.3 Å². The lowest BCUT2D eigenvalue weighted by molar-refractivity contribution is -0.338. The third-order valence-electron chi connectivity index (χ3n) is 4.82. The predicted molar refractivity (Wildman–Crippen MR) is 139 cm³/mol. The number of amides is 2. The molecule has 15 heteroatoms. The Morgan fingerprint density at radius 3 is 1.80 bits per heavy atom. The Morgan fingerprint density at radius 1 is 0.950 bits per heavy atom. The molecule has 2 fully saturated rings. The van der Waals surface area contributed by atoms with Gasteiger partial charge in [-0.15, -0.1) is 0 Å². The fraction of sp³-hybridized carbons (Fsp3) is 0.840. The van der Waals surface area contributed by atoms with Crippen molar-refractivity contribution >= 4 is 24.8 Å². The molecule has 0 spiro atoms. The average molecular weight is 583 g/mol. The van der Waals surface area contributed by atoms with Crippen LogP contribution in [0.4, 0.5) is 9.59 Å². The number of alkyl carbamates (subject to hydrolysis) is 1. The molecule has 2 saturated heterocycles. The Labute approximate surface area is 234 Å². The fourth-order valence-electron chi connectivity index (χ4n) is 3.08. The maximum absolute atomic E-state index is 11.9. The Balaban J connectivity index is 0.000000580. The summed E-state index contributed by atoms with van der Waals surface area (Å²) >= 11 is 0. The summed E-state index contributed by atoms with van der Waals surface area (Å²) in [5, 5.41) is 37.8. The van der Waals surface area contributed by atoms with E-state index >= 15 is 0 Å². The van der Waals surface area contributed by atoms with E-state index in [4.69, 9.17) is 44.1 Å². The lowest BCUT2D eigenvalue weighted by Crippen LogP contribution is -2.51. The van der Waals surface area contributed by atoms with Gasteiger partial charge in [0.25, 0.3) is 0 Å². The van der Waals surface area contributed by atoms with E-state index in [1.807, 2.05) is 0 Å². The molecule has 2 amide bonds. The van der Waals surface area contributed by atoms with Crippen molar-refractivity contribution in [2.75, 3.05) is 26.4 Å². The number of aldehydes is 2. The largest absolute Gasteiger partial charge is 0.444 e. The molecule has 5 N–H and O–H groups in total. The summed E-state index contributed by atoms with van der Waals surface area (Å²) in [6.45, 7) is 13.8. The maximum Gasteiger partial charge on any atom is 0.413 e. The average Bonchev–Trinajstić information content (AvgIpc) is 3.13. The zero-order valence-corrected chi connectivity index (χ0v) is 24.5. The van der Waals surface area contributed by atoms with Crippen molar-refractivity contribution in [1.82, 2.24) is 10.2 Å². The second kappa shape index (κ2) is 16.8. The van der Waals surface area contributed by atoms with Crippen molar-refractivity contribution in [3.63, 3.8) is 0 Å². The van der Waals surface area contributed by atoms with Gasteiger partial charge in [0.15, 0.2) is 12.6 Å². The summed E-state index contributed by atoms with van der Waals surface area (Å²) in [5.74, 6) is 0. The van der Waals surface area contributed by atoms with Crippen LogP contribution in [0.3, 0.4) is 0 Å². The minimum absolute atomic E-state index is 0.218. The van der Waals surface area contributed by atoms with Gasteiger partial charge in [-0.3, -0.25) is 4.90 Å². The maximum atomic E-state index is 11.9. The SMILES string of the molecule is CC(C)(C)OC(=O)N1C(C=O)COC1(C)C.CC(C)(C)OC(=O)NCCC=O.OCC1OC(O)C(CO)OC1O. The van der Waals surface area contributed by atoms with Crippen LogP contribution in [0.5, 0.6) is 0 Å². The summed E-state index contributed by atoms with van der Waals surface area (Å²) in [6.07, 6.45) is -3.76. The van der Waals surface area contributed by atoms with Crippen LogP contribution in [0.15, 0.2) is 0 Å². The highest BCUT2D eigenvalue weighted by Crippen LogP contribution is 2.28. The topological polar surface area (TPSA) is 211 Å². The van der Waals surface area contributed by atoms with Crippen LogP contribution in [-0.4, -0.2) is 124 Å². The molecule has 2 rings (SSSR count). The second-order valence-corrected chi connectivity index (χ2v) is 11.2. The normalized spacial score (nSPS) is 25.8. The van der Waals surface area contributed by atoms with Gasteiger partial charge in [-0.1, -0.05) is 0 Å². The van der Waals surface area contributed by atoms with Crippen LogP contribution in [0, 0.1) is 0 Å². The number of rotatable bonds is 6. The molecule has 0 aliphatic carbocycles. The van der Waals surface area contributed by atoms with E-state index < -0.39 is 73.2 Å². The van der Waals surface area contributed by atoms with Crippen LogP contribution in [-0.2, 0) is 33.3 Å². The van der Waals surface area contributed by atoms with Crippen molar-refractivity contribution in [2.24, 2.45) is 0 Å². The number of hydrogen-bond donors (Lipinski definition) is 5. The summed E-state index contributed by atoms with van der Waals surface area (Å²) in [5.41, 5.74) is -1.86. The molecule has 2 heterocycles. The summed E-state index contributed by atoms with van der Waals surface area (Å²) in [4.78, 5) is 44.9.